The summed E-state index contributed by atoms with van der Waals surface area (Å²) in [5.74, 6) is 0.738. The number of sulfonamides is 1. The topological polar surface area (TPSA) is 69.4 Å². The van der Waals surface area contributed by atoms with Crippen molar-refractivity contribution in [2.24, 2.45) is 5.14 Å². The van der Waals surface area contributed by atoms with Gasteiger partial charge in [0.2, 0.25) is 10.0 Å². The minimum absolute atomic E-state index is 0.00212. The molecule has 4 nitrogen and oxygen atoms in total. The van der Waals surface area contributed by atoms with E-state index < -0.39 is 10.0 Å². The van der Waals surface area contributed by atoms with E-state index in [0.29, 0.717) is 19.4 Å². The number of nitrogens with two attached hydrogens (primary N) is 1. The van der Waals surface area contributed by atoms with Crippen molar-refractivity contribution in [2.45, 2.75) is 12.8 Å². The summed E-state index contributed by atoms with van der Waals surface area (Å²) in [7, 11) is -3.35. The first-order chi connectivity index (χ1) is 7.88. The minimum atomic E-state index is -3.35. The van der Waals surface area contributed by atoms with E-state index >= 15 is 0 Å². The summed E-state index contributed by atoms with van der Waals surface area (Å²) >= 11 is 6.72. The van der Waals surface area contributed by atoms with E-state index in [1.165, 1.54) is 0 Å². The standard InChI is InChI=1S/C10H13Br2NO3S/c11-8-3-4-10(9(12)7-8)16-5-1-2-6-17(13,14)15/h3-4,7H,1-2,5-6H2,(H2,13,14,15). The first-order valence-corrected chi connectivity index (χ1v) is 8.27. The molecule has 96 valence electrons. The van der Waals surface area contributed by atoms with Gasteiger partial charge in [-0.25, -0.2) is 13.6 Å². The SMILES string of the molecule is NS(=O)(=O)CCCCOc1ccc(Br)cc1Br. The van der Waals surface area contributed by atoms with Crippen molar-refractivity contribution in [1.29, 1.82) is 0 Å². The van der Waals surface area contributed by atoms with Crippen LogP contribution in [0.2, 0.25) is 0 Å². The Balaban J connectivity index is 2.32. The number of hydrogen-bond acceptors (Lipinski definition) is 3. The lowest BCUT2D eigenvalue weighted by Crippen LogP contribution is -2.16. The van der Waals surface area contributed by atoms with Crippen molar-refractivity contribution in [3.05, 3.63) is 27.1 Å². The van der Waals surface area contributed by atoms with E-state index in [4.69, 9.17) is 9.88 Å². The van der Waals surface area contributed by atoms with E-state index in [0.717, 1.165) is 14.7 Å². The highest BCUT2D eigenvalue weighted by Crippen LogP contribution is 2.28. The van der Waals surface area contributed by atoms with Crippen LogP contribution in [0.15, 0.2) is 27.1 Å². The Morgan fingerprint density at radius 3 is 2.53 bits per heavy atom. The molecule has 1 aromatic rings. The predicted octanol–water partition coefficient (Wildman–Crippen LogP) is 2.66. The van der Waals surface area contributed by atoms with Gasteiger partial charge in [0.15, 0.2) is 0 Å². The fraction of sp³-hybridized carbons (Fsp3) is 0.400. The van der Waals surface area contributed by atoms with Crippen LogP contribution in [0.3, 0.4) is 0 Å². The third-order valence-corrected chi connectivity index (χ3v) is 3.95. The highest BCUT2D eigenvalue weighted by Gasteiger charge is 2.03. The van der Waals surface area contributed by atoms with E-state index in [9.17, 15) is 8.42 Å². The minimum Gasteiger partial charge on any atom is -0.492 e. The zero-order valence-corrected chi connectivity index (χ0v) is 13.0. The van der Waals surface area contributed by atoms with Crippen molar-refractivity contribution in [3.63, 3.8) is 0 Å². The second-order valence-electron chi connectivity index (χ2n) is 3.50. The Hall–Kier alpha value is -0.110. The maximum absolute atomic E-state index is 10.7. The van der Waals surface area contributed by atoms with E-state index in [-0.39, 0.29) is 5.75 Å². The van der Waals surface area contributed by atoms with Gasteiger partial charge in [-0.3, -0.25) is 0 Å². The molecule has 0 spiro atoms. The summed E-state index contributed by atoms with van der Waals surface area (Å²) in [6, 6.07) is 5.61. The van der Waals surface area contributed by atoms with Crippen LogP contribution in [0.25, 0.3) is 0 Å². The van der Waals surface area contributed by atoms with Crippen LogP contribution in [-0.4, -0.2) is 20.8 Å². The summed E-state index contributed by atoms with van der Waals surface area (Å²) in [6.45, 7) is 0.468. The molecule has 17 heavy (non-hydrogen) atoms. The Morgan fingerprint density at radius 1 is 1.24 bits per heavy atom. The van der Waals surface area contributed by atoms with Crippen LogP contribution < -0.4 is 9.88 Å². The molecular weight excluding hydrogens is 374 g/mol. The average Bonchev–Trinajstić information content (AvgIpc) is 2.18. The molecule has 0 aliphatic carbocycles. The summed E-state index contributed by atoms with van der Waals surface area (Å²) in [5, 5.41) is 4.89. The fourth-order valence-electron chi connectivity index (χ4n) is 1.18. The van der Waals surface area contributed by atoms with Crippen molar-refractivity contribution < 1.29 is 13.2 Å². The second kappa shape index (κ2) is 6.72. The molecule has 1 rings (SSSR count). The van der Waals surface area contributed by atoms with Crippen molar-refractivity contribution in [3.8, 4) is 5.75 Å². The Kier molecular flexibility index (Phi) is 5.91. The number of rotatable bonds is 6. The third-order valence-electron chi connectivity index (χ3n) is 1.97. The molecule has 7 heteroatoms. The van der Waals surface area contributed by atoms with Gasteiger partial charge in [0.05, 0.1) is 16.8 Å². The molecule has 0 amide bonds. The predicted molar refractivity (Wildman–Crippen MR) is 74.5 cm³/mol. The first-order valence-electron chi connectivity index (χ1n) is 4.97. The molecule has 0 bridgehead atoms. The van der Waals surface area contributed by atoms with Gasteiger partial charge in [-0.15, -0.1) is 0 Å². The molecule has 0 aromatic heterocycles. The molecule has 0 saturated heterocycles. The van der Waals surface area contributed by atoms with Crippen LogP contribution in [0.4, 0.5) is 0 Å². The van der Waals surface area contributed by atoms with Crippen LogP contribution in [0.1, 0.15) is 12.8 Å². The highest BCUT2D eigenvalue weighted by atomic mass is 79.9. The maximum Gasteiger partial charge on any atom is 0.209 e. The van der Waals surface area contributed by atoms with Crippen LogP contribution >= 0.6 is 31.9 Å². The van der Waals surface area contributed by atoms with E-state index in [2.05, 4.69) is 31.9 Å². The average molecular weight is 387 g/mol. The van der Waals surface area contributed by atoms with Gasteiger partial charge < -0.3 is 4.74 Å². The molecule has 1 aromatic carbocycles. The summed E-state index contributed by atoms with van der Waals surface area (Å²) in [4.78, 5) is 0. The van der Waals surface area contributed by atoms with E-state index in [1.54, 1.807) is 0 Å². The van der Waals surface area contributed by atoms with Crippen molar-refractivity contribution in [1.82, 2.24) is 0 Å². The number of ether oxygens (including phenoxy) is 1. The monoisotopic (exact) mass is 385 g/mol. The molecule has 0 saturated carbocycles. The fourth-order valence-corrected chi connectivity index (χ4v) is 2.95. The van der Waals surface area contributed by atoms with E-state index in [1.807, 2.05) is 18.2 Å². The molecule has 0 fully saturated rings. The number of hydrogen-bond donors (Lipinski definition) is 1. The van der Waals surface area contributed by atoms with Gasteiger partial charge in [0, 0.05) is 4.47 Å². The summed E-state index contributed by atoms with van der Waals surface area (Å²) in [5.41, 5.74) is 0. The molecule has 0 aliphatic heterocycles. The van der Waals surface area contributed by atoms with Crippen LogP contribution in [-0.2, 0) is 10.0 Å². The van der Waals surface area contributed by atoms with Crippen molar-refractivity contribution in [2.75, 3.05) is 12.4 Å². The van der Waals surface area contributed by atoms with Crippen molar-refractivity contribution >= 4 is 41.9 Å². The Morgan fingerprint density at radius 2 is 1.94 bits per heavy atom. The number of benzene rings is 1. The zero-order chi connectivity index (χ0) is 12.9. The van der Waals surface area contributed by atoms with Crippen LogP contribution in [0, 0.1) is 0 Å². The maximum atomic E-state index is 10.7. The zero-order valence-electron chi connectivity index (χ0n) is 9.03. The Bertz CT molecular complexity index is 476. The largest absolute Gasteiger partial charge is 0.492 e. The smallest absolute Gasteiger partial charge is 0.209 e. The molecule has 0 heterocycles. The summed E-state index contributed by atoms with van der Waals surface area (Å²) < 4.78 is 28.7. The van der Waals surface area contributed by atoms with Gasteiger partial charge in [0.1, 0.15) is 5.75 Å². The lowest BCUT2D eigenvalue weighted by atomic mass is 10.3. The molecule has 0 radical (unpaired) electrons. The first kappa shape index (κ1) is 14.9. The van der Waals surface area contributed by atoms with Gasteiger partial charge in [-0.05, 0) is 47.0 Å². The molecule has 2 N–H and O–H groups in total. The molecular formula is C10H13Br2NO3S. The quantitative estimate of drug-likeness (QED) is 0.764. The van der Waals surface area contributed by atoms with Crippen LogP contribution in [0.5, 0.6) is 5.75 Å². The normalized spacial score (nSPS) is 11.5. The molecule has 0 unspecified atom stereocenters. The van der Waals surface area contributed by atoms with Gasteiger partial charge in [-0.1, -0.05) is 15.9 Å². The van der Waals surface area contributed by atoms with Gasteiger partial charge in [-0.2, -0.15) is 0 Å². The third kappa shape index (κ3) is 6.40. The lowest BCUT2D eigenvalue weighted by Gasteiger charge is -2.08. The Labute approximate surface area is 118 Å². The second-order valence-corrected chi connectivity index (χ2v) is 7.00. The van der Waals surface area contributed by atoms with Gasteiger partial charge in [0.25, 0.3) is 0 Å². The van der Waals surface area contributed by atoms with Gasteiger partial charge >= 0.3 is 0 Å². The summed E-state index contributed by atoms with van der Waals surface area (Å²) in [6.07, 6.45) is 1.16. The molecule has 0 aliphatic rings. The molecule has 0 atom stereocenters. The highest BCUT2D eigenvalue weighted by molar-refractivity contribution is 9.11. The number of halogens is 2. The number of unbranched alkanes of at least 4 members (excludes halogenated alkanes) is 1. The lowest BCUT2D eigenvalue weighted by molar-refractivity contribution is 0.307. The number of primary sulfonamides is 1.